The lowest BCUT2D eigenvalue weighted by molar-refractivity contribution is 0.597. The number of hydrogen-bond donors (Lipinski definition) is 1. The summed E-state index contributed by atoms with van der Waals surface area (Å²) in [6.07, 6.45) is 4.42. The average Bonchev–Trinajstić information content (AvgIpc) is 2.31. The average molecular weight is 138 g/mol. The van der Waals surface area contributed by atoms with Gasteiger partial charge in [-0.15, -0.1) is 11.7 Å². The highest BCUT2D eigenvalue weighted by Crippen LogP contribution is 1.93. The fraction of sp³-hybridized carbons (Fsp3) is 0.333. The Hall–Kier alpha value is -1.32. The molecule has 1 aromatic heterocycles. The van der Waals surface area contributed by atoms with E-state index in [9.17, 15) is 0 Å². The number of aromatic nitrogens is 3. The summed E-state index contributed by atoms with van der Waals surface area (Å²) in [4.78, 5) is 0. The van der Waals surface area contributed by atoms with Crippen molar-refractivity contribution in [3.8, 4) is 0 Å². The molecule has 0 fully saturated rings. The van der Waals surface area contributed by atoms with Crippen LogP contribution in [0.4, 0.5) is 5.82 Å². The Morgan fingerprint density at radius 3 is 3.10 bits per heavy atom. The predicted molar refractivity (Wildman–Crippen MR) is 39.2 cm³/mol. The van der Waals surface area contributed by atoms with Gasteiger partial charge in [-0.1, -0.05) is 11.3 Å². The molecule has 0 aliphatic carbocycles. The topological polar surface area (TPSA) is 56.7 Å². The Morgan fingerprint density at radius 1 is 1.80 bits per heavy atom. The van der Waals surface area contributed by atoms with Crippen molar-refractivity contribution in [1.82, 2.24) is 15.0 Å². The third-order valence-corrected chi connectivity index (χ3v) is 1.12. The van der Waals surface area contributed by atoms with E-state index in [2.05, 4.69) is 16.9 Å². The molecule has 0 bridgehead atoms. The maximum atomic E-state index is 5.33. The Morgan fingerprint density at radius 2 is 2.60 bits per heavy atom. The second kappa shape index (κ2) is 3.00. The van der Waals surface area contributed by atoms with Crippen LogP contribution in [-0.4, -0.2) is 15.0 Å². The summed E-state index contributed by atoms with van der Waals surface area (Å²) in [5.41, 5.74) is 5.33. The van der Waals surface area contributed by atoms with Crippen LogP contribution in [0.15, 0.2) is 18.9 Å². The molecule has 1 heterocycles. The smallest absolute Gasteiger partial charge is 0.165 e. The predicted octanol–water partition coefficient (Wildman–Crippen LogP) is 0.436. The Kier molecular flexibility index (Phi) is 2.04. The van der Waals surface area contributed by atoms with Gasteiger partial charge in [-0.3, -0.25) is 4.68 Å². The van der Waals surface area contributed by atoms with E-state index in [0.717, 1.165) is 13.0 Å². The summed E-state index contributed by atoms with van der Waals surface area (Å²) in [6.45, 7) is 4.39. The van der Waals surface area contributed by atoms with Crippen molar-refractivity contribution in [2.45, 2.75) is 13.0 Å². The third-order valence-electron chi connectivity index (χ3n) is 1.12. The molecule has 0 atom stereocenters. The van der Waals surface area contributed by atoms with Crippen LogP contribution in [0.1, 0.15) is 6.42 Å². The van der Waals surface area contributed by atoms with Crippen LogP contribution in [0.3, 0.4) is 0 Å². The van der Waals surface area contributed by atoms with Gasteiger partial charge >= 0.3 is 0 Å². The number of nitrogens with zero attached hydrogens (tertiary/aromatic N) is 3. The zero-order chi connectivity index (χ0) is 7.40. The molecule has 0 aromatic carbocycles. The maximum Gasteiger partial charge on any atom is 0.165 e. The van der Waals surface area contributed by atoms with E-state index in [-0.39, 0.29) is 0 Å². The van der Waals surface area contributed by atoms with Crippen molar-refractivity contribution >= 4 is 5.82 Å². The van der Waals surface area contributed by atoms with E-state index in [0.29, 0.717) is 5.82 Å². The molecule has 0 aliphatic heterocycles. The molecule has 0 unspecified atom stereocenters. The van der Waals surface area contributed by atoms with E-state index in [1.54, 1.807) is 10.9 Å². The lowest BCUT2D eigenvalue weighted by atomic mass is 10.4. The van der Waals surface area contributed by atoms with Crippen molar-refractivity contribution in [2.24, 2.45) is 0 Å². The number of aryl methyl sites for hydroxylation is 1. The maximum absolute atomic E-state index is 5.33. The second-order valence-corrected chi connectivity index (χ2v) is 1.98. The highest BCUT2D eigenvalue weighted by atomic mass is 15.4. The molecule has 0 saturated heterocycles. The molecule has 0 saturated carbocycles. The van der Waals surface area contributed by atoms with Gasteiger partial charge in [-0.2, -0.15) is 0 Å². The van der Waals surface area contributed by atoms with E-state index in [1.807, 2.05) is 6.08 Å². The van der Waals surface area contributed by atoms with Gasteiger partial charge in [0.15, 0.2) is 5.82 Å². The first-order valence-corrected chi connectivity index (χ1v) is 3.09. The Bertz CT molecular complexity index is 215. The Balaban J connectivity index is 2.49. The first kappa shape index (κ1) is 6.80. The molecular weight excluding hydrogens is 128 g/mol. The molecule has 0 aliphatic rings. The van der Waals surface area contributed by atoms with Crippen LogP contribution in [0.2, 0.25) is 0 Å². The van der Waals surface area contributed by atoms with Gasteiger partial charge in [0.1, 0.15) is 0 Å². The normalized spacial score (nSPS) is 9.60. The van der Waals surface area contributed by atoms with Crippen molar-refractivity contribution < 1.29 is 0 Å². The van der Waals surface area contributed by atoms with Gasteiger partial charge < -0.3 is 5.73 Å². The molecule has 10 heavy (non-hydrogen) atoms. The van der Waals surface area contributed by atoms with Crippen LogP contribution < -0.4 is 5.73 Å². The molecule has 4 heteroatoms. The van der Waals surface area contributed by atoms with Crippen molar-refractivity contribution in [1.29, 1.82) is 0 Å². The highest BCUT2D eigenvalue weighted by molar-refractivity contribution is 5.19. The van der Waals surface area contributed by atoms with Gasteiger partial charge in [0.25, 0.3) is 0 Å². The third kappa shape index (κ3) is 1.58. The minimum Gasteiger partial charge on any atom is -0.381 e. The lowest BCUT2D eigenvalue weighted by Gasteiger charge is -1.92. The summed E-state index contributed by atoms with van der Waals surface area (Å²) >= 11 is 0. The van der Waals surface area contributed by atoms with Crippen molar-refractivity contribution in [3.63, 3.8) is 0 Å². The monoisotopic (exact) mass is 138 g/mol. The fourth-order valence-corrected chi connectivity index (χ4v) is 0.646. The number of rotatable bonds is 3. The summed E-state index contributed by atoms with van der Waals surface area (Å²) in [7, 11) is 0. The first-order valence-electron chi connectivity index (χ1n) is 3.09. The van der Waals surface area contributed by atoms with Crippen LogP contribution in [-0.2, 0) is 6.54 Å². The van der Waals surface area contributed by atoms with Gasteiger partial charge in [0.05, 0.1) is 6.20 Å². The number of nitrogens with two attached hydrogens (primary N) is 1. The van der Waals surface area contributed by atoms with Crippen LogP contribution >= 0.6 is 0 Å². The van der Waals surface area contributed by atoms with Gasteiger partial charge in [0, 0.05) is 6.54 Å². The number of anilines is 1. The molecule has 2 N–H and O–H groups in total. The summed E-state index contributed by atoms with van der Waals surface area (Å²) in [6, 6.07) is 0. The summed E-state index contributed by atoms with van der Waals surface area (Å²) < 4.78 is 1.69. The van der Waals surface area contributed by atoms with E-state index >= 15 is 0 Å². The molecule has 1 aromatic rings. The second-order valence-electron chi connectivity index (χ2n) is 1.98. The zero-order valence-electron chi connectivity index (χ0n) is 5.70. The molecule has 54 valence electrons. The number of nitrogen functional groups attached to an aromatic ring is 1. The van der Waals surface area contributed by atoms with Crippen LogP contribution in [0.25, 0.3) is 0 Å². The fourth-order valence-electron chi connectivity index (χ4n) is 0.646. The molecular formula is C6H10N4. The van der Waals surface area contributed by atoms with Crippen molar-refractivity contribution in [3.05, 3.63) is 18.9 Å². The van der Waals surface area contributed by atoms with Crippen LogP contribution in [0.5, 0.6) is 0 Å². The zero-order valence-corrected chi connectivity index (χ0v) is 5.70. The van der Waals surface area contributed by atoms with E-state index in [4.69, 9.17) is 5.73 Å². The number of allylic oxidation sites excluding steroid dienone is 1. The molecule has 0 amide bonds. The highest BCUT2D eigenvalue weighted by Gasteiger charge is 1.91. The first-order chi connectivity index (χ1) is 4.83. The van der Waals surface area contributed by atoms with E-state index < -0.39 is 0 Å². The largest absolute Gasteiger partial charge is 0.381 e. The molecule has 4 nitrogen and oxygen atoms in total. The summed E-state index contributed by atoms with van der Waals surface area (Å²) in [5.74, 6) is 0.462. The van der Waals surface area contributed by atoms with Gasteiger partial charge in [0.2, 0.25) is 0 Å². The quantitative estimate of drug-likeness (QED) is 0.616. The Labute approximate surface area is 59.3 Å². The molecule has 0 spiro atoms. The minimum absolute atomic E-state index is 0.462. The van der Waals surface area contributed by atoms with E-state index in [1.165, 1.54) is 0 Å². The van der Waals surface area contributed by atoms with Gasteiger partial charge in [-0.05, 0) is 6.42 Å². The van der Waals surface area contributed by atoms with Gasteiger partial charge in [-0.25, -0.2) is 0 Å². The molecule has 1 rings (SSSR count). The minimum atomic E-state index is 0.462. The number of hydrogen-bond acceptors (Lipinski definition) is 3. The molecule has 0 radical (unpaired) electrons. The summed E-state index contributed by atoms with van der Waals surface area (Å²) in [5, 5.41) is 7.37. The van der Waals surface area contributed by atoms with Crippen LogP contribution in [0, 0.1) is 0 Å². The lowest BCUT2D eigenvalue weighted by Crippen LogP contribution is -1.96. The van der Waals surface area contributed by atoms with Crippen molar-refractivity contribution in [2.75, 3.05) is 5.73 Å². The standard InChI is InChI=1S/C6H10N4/c1-2-3-4-10-5-6(7)8-9-10/h2,5H,1,3-4,7H2. The SMILES string of the molecule is C=CCCn1cc(N)nn1.